The zero-order valence-electron chi connectivity index (χ0n) is 6.99. The highest BCUT2D eigenvalue weighted by atomic mass is 16.7. The first-order chi connectivity index (χ1) is 6.38. The van der Waals surface area contributed by atoms with Gasteiger partial charge in [0, 0.05) is 0 Å². The van der Waals surface area contributed by atoms with Gasteiger partial charge in [0.25, 0.3) is 11.7 Å². The Labute approximate surface area is 81.3 Å². The SMILES string of the molecule is O=C1NC(O)(O)C(O)(O)C(O)(O)C1(O)O. The van der Waals surface area contributed by atoms with Crippen molar-refractivity contribution in [1.29, 1.82) is 0 Å². The predicted octanol–water partition coefficient (Wildman–Crippen LogP) is -6.20. The molecule has 0 radical (unpaired) electrons. The second kappa shape index (κ2) is 2.63. The molecule has 1 aliphatic heterocycles. The zero-order valence-corrected chi connectivity index (χ0v) is 6.99. The van der Waals surface area contributed by atoms with Crippen molar-refractivity contribution >= 4 is 5.91 Å². The van der Waals surface area contributed by atoms with E-state index in [-0.39, 0.29) is 0 Å². The van der Waals surface area contributed by atoms with Crippen molar-refractivity contribution < 1.29 is 45.6 Å². The normalized spacial score (nSPS) is 30.8. The van der Waals surface area contributed by atoms with Crippen LogP contribution < -0.4 is 5.32 Å². The van der Waals surface area contributed by atoms with Gasteiger partial charge in [-0.15, -0.1) is 0 Å². The van der Waals surface area contributed by atoms with E-state index >= 15 is 0 Å². The van der Waals surface area contributed by atoms with Gasteiger partial charge in [-0.25, -0.2) is 0 Å². The molecule has 1 heterocycles. The zero-order chi connectivity index (χ0) is 12.3. The number of aliphatic hydroxyl groups is 8. The minimum Gasteiger partial charge on any atom is -0.357 e. The molecule has 0 aromatic rings. The summed E-state index contributed by atoms with van der Waals surface area (Å²) in [5.41, 5.74) is 0. The van der Waals surface area contributed by atoms with Gasteiger partial charge in [-0.05, 0) is 0 Å². The van der Waals surface area contributed by atoms with Crippen LogP contribution in [0.3, 0.4) is 0 Å². The summed E-state index contributed by atoms with van der Waals surface area (Å²) in [6, 6.07) is 0. The van der Waals surface area contributed by atoms with E-state index in [0.29, 0.717) is 0 Å². The minimum atomic E-state index is -4.31. The maximum absolute atomic E-state index is 10.8. The topological polar surface area (TPSA) is 191 Å². The van der Waals surface area contributed by atoms with E-state index < -0.39 is 29.2 Å². The third-order valence-corrected chi connectivity index (χ3v) is 2.06. The minimum absolute atomic E-state index is 0.944. The van der Waals surface area contributed by atoms with Crippen LogP contribution in [0.5, 0.6) is 0 Å². The molecule has 0 atom stereocenters. The molecule has 10 nitrogen and oxygen atoms in total. The quantitative estimate of drug-likeness (QED) is 0.181. The highest BCUT2D eigenvalue weighted by molar-refractivity contribution is 5.86. The molecule has 88 valence electrons. The number of hydrogen-bond donors (Lipinski definition) is 9. The lowest BCUT2D eigenvalue weighted by Gasteiger charge is -2.50. The lowest BCUT2D eigenvalue weighted by molar-refractivity contribution is -0.513. The number of amides is 1. The van der Waals surface area contributed by atoms with Gasteiger partial charge < -0.3 is 40.9 Å². The fraction of sp³-hybridized carbons (Fsp3) is 0.800. The molecule has 1 aliphatic rings. The van der Waals surface area contributed by atoms with Crippen molar-refractivity contribution in [3.8, 4) is 0 Å². The second-order valence-electron chi connectivity index (χ2n) is 3.14. The van der Waals surface area contributed by atoms with Gasteiger partial charge in [0.15, 0.2) is 0 Å². The molecule has 0 bridgehead atoms. The van der Waals surface area contributed by atoms with E-state index in [1.54, 1.807) is 0 Å². The van der Waals surface area contributed by atoms with Crippen LogP contribution in [0.1, 0.15) is 0 Å². The Morgan fingerprint density at radius 3 is 1.60 bits per heavy atom. The van der Waals surface area contributed by atoms with Gasteiger partial charge in [0.05, 0.1) is 0 Å². The number of piperidine rings is 1. The Morgan fingerprint density at radius 1 is 0.800 bits per heavy atom. The summed E-state index contributed by atoms with van der Waals surface area (Å²) < 4.78 is 0. The van der Waals surface area contributed by atoms with Crippen LogP contribution in [0.4, 0.5) is 0 Å². The lowest BCUT2D eigenvalue weighted by atomic mass is 9.88. The molecule has 1 fully saturated rings. The van der Waals surface area contributed by atoms with Gasteiger partial charge in [0.1, 0.15) is 0 Å². The summed E-state index contributed by atoms with van der Waals surface area (Å²) in [4.78, 5) is 10.8. The van der Waals surface area contributed by atoms with Crippen LogP contribution in [0.25, 0.3) is 0 Å². The Morgan fingerprint density at radius 2 is 1.20 bits per heavy atom. The maximum atomic E-state index is 10.8. The van der Waals surface area contributed by atoms with Crippen molar-refractivity contribution in [1.82, 2.24) is 5.32 Å². The largest absolute Gasteiger partial charge is 0.357 e. The average Bonchev–Trinajstić information content (AvgIpc) is 2.00. The van der Waals surface area contributed by atoms with Crippen LogP contribution >= 0.6 is 0 Å². The van der Waals surface area contributed by atoms with Crippen LogP contribution in [-0.4, -0.2) is 70.0 Å². The summed E-state index contributed by atoms with van der Waals surface area (Å²) in [5.74, 6) is -18.5. The van der Waals surface area contributed by atoms with Crippen molar-refractivity contribution in [3.63, 3.8) is 0 Å². The highest BCUT2D eigenvalue weighted by Crippen LogP contribution is 2.37. The van der Waals surface area contributed by atoms with Crippen molar-refractivity contribution in [2.45, 2.75) is 23.3 Å². The molecule has 0 aromatic heterocycles. The molecule has 1 saturated heterocycles. The summed E-state index contributed by atoms with van der Waals surface area (Å²) in [6.45, 7) is 0. The molecular formula is C5H9NO9. The first-order valence-corrected chi connectivity index (χ1v) is 3.49. The van der Waals surface area contributed by atoms with E-state index in [1.807, 2.05) is 0 Å². The maximum Gasteiger partial charge on any atom is 0.309 e. The molecule has 10 heteroatoms. The van der Waals surface area contributed by atoms with E-state index in [4.69, 9.17) is 40.9 Å². The number of nitrogens with one attached hydrogen (secondary N) is 1. The van der Waals surface area contributed by atoms with Gasteiger partial charge in [-0.3, -0.25) is 10.1 Å². The van der Waals surface area contributed by atoms with E-state index in [1.165, 1.54) is 0 Å². The van der Waals surface area contributed by atoms with E-state index in [0.717, 1.165) is 5.32 Å². The molecule has 9 N–H and O–H groups in total. The van der Waals surface area contributed by atoms with Gasteiger partial charge >= 0.3 is 17.5 Å². The average molecular weight is 227 g/mol. The van der Waals surface area contributed by atoms with Crippen molar-refractivity contribution in [2.24, 2.45) is 0 Å². The van der Waals surface area contributed by atoms with Gasteiger partial charge in [-0.1, -0.05) is 0 Å². The fourth-order valence-corrected chi connectivity index (χ4v) is 0.977. The number of carbonyl (C=O) groups is 1. The monoisotopic (exact) mass is 227 g/mol. The van der Waals surface area contributed by atoms with Gasteiger partial charge in [-0.2, -0.15) is 0 Å². The molecule has 0 saturated carbocycles. The summed E-state index contributed by atoms with van der Waals surface area (Å²) in [6.07, 6.45) is 0. The van der Waals surface area contributed by atoms with E-state index in [9.17, 15) is 4.79 Å². The molecular weight excluding hydrogens is 218 g/mol. The van der Waals surface area contributed by atoms with Crippen molar-refractivity contribution in [2.75, 3.05) is 0 Å². The Bertz CT molecular complexity index is 306. The molecule has 0 spiro atoms. The first kappa shape index (κ1) is 12.2. The summed E-state index contributed by atoms with van der Waals surface area (Å²) >= 11 is 0. The Kier molecular flexibility index (Phi) is 2.15. The van der Waals surface area contributed by atoms with Crippen LogP contribution in [0.2, 0.25) is 0 Å². The fourth-order valence-electron chi connectivity index (χ4n) is 0.977. The number of carbonyl (C=O) groups excluding carboxylic acids is 1. The molecule has 0 aliphatic carbocycles. The standard InChI is InChI=1S/C5H9NO9/c7-1-2(8,9)3(10,11)4(12,13)5(14,15)6-1/h8-15H,(H,6,7). The molecule has 0 aromatic carbocycles. The summed E-state index contributed by atoms with van der Waals surface area (Å²) in [5, 5.41) is 71.9. The number of hydrogen-bond acceptors (Lipinski definition) is 9. The lowest BCUT2D eigenvalue weighted by Crippen LogP contribution is -2.87. The van der Waals surface area contributed by atoms with Gasteiger partial charge in [0.2, 0.25) is 0 Å². The highest BCUT2D eigenvalue weighted by Gasteiger charge is 2.77. The summed E-state index contributed by atoms with van der Waals surface area (Å²) in [7, 11) is 0. The molecule has 1 amide bonds. The molecule has 0 unspecified atom stereocenters. The number of rotatable bonds is 0. The molecule has 15 heavy (non-hydrogen) atoms. The molecule has 1 rings (SSSR count). The second-order valence-corrected chi connectivity index (χ2v) is 3.14. The van der Waals surface area contributed by atoms with Crippen LogP contribution in [0.15, 0.2) is 0 Å². The van der Waals surface area contributed by atoms with E-state index in [2.05, 4.69) is 0 Å². The third-order valence-electron chi connectivity index (χ3n) is 2.06. The Hall–Kier alpha value is -0.850. The smallest absolute Gasteiger partial charge is 0.309 e. The third kappa shape index (κ3) is 1.18. The van der Waals surface area contributed by atoms with Crippen LogP contribution in [-0.2, 0) is 4.79 Å². The van der Waals surface area contributed by atoms with Crippen LogP contribution in [0, 0.1) is 0 Å². The first-order valence-electron chi connectivity index (χ1n) is 3.49. The van der Waals surface area contributed by atoms with Crippen molar-refractivity contribution in [3.05, 3.63) is 0 Å². The Balaban J connectivity index is 3.36. The predicted molar refractivity (Wildman–Crippen MR) is 36.8 cm³/mol.